The number of hydrogen-bond donors (Lipinski definition) is 7. The highest BCUT2D eigenvalue weighted by atomic mass is 16.7. The van der Waals surface area contributed by atoms with Gasteiger partial charge >= 0.3 is 5.97 Å². The van der Waals surface area contributed by atoms with Crippen LogP contribution in [0.15, 0.2) is 60.8 Å². The molecule has 0 aromatic heterocycles. The number of rotatable bonds is 42. The highest BCUT2D eigenvalue weighted by Gasteiger charge is 2.47. The molecule has 0 saturated carbocycles. The standard InChI is InChI=1S/C55H96O14/c1-3-5-7-9-11-13-15-16-17-18-19-20-21-22-23-24-25-26-27-29-31-33-35-37-39-64-41-44(67-47(57)38-36-34-32-30-28-14-12-10-8-6-4-2)42-65-54-53(63)51(61)49(59)46(69-54)43-66-55-52(62)50(60)48(58)45(40-56)68-55/h5,7,11,13,16-17,19-20,22-23,44-46,48-56,58-63H,3-4,6,8-10,12,14-15,18,21,24-43H2,1-2H3/b7-5-,13-11-,17-16-,20-19-,23-22-. The molecule has 0 spiro atoms. The minimum Gasteiger partial charge on any atom is -0.457 e. The second-order valence-electron chi connectivity index (χ2n) is 18.7. The molecule has 0 amide bonds. The fourth-order valence-corrected chi connectivity index (χ4v) is 8.19. The van der Waals surface area contributed by atoms with Gasteiger partial charge in [-0.15, -0.1) is 0 Å². The zero-order valence-corrected chi connectivity index (χ0v) is 42.5. The number of esters is 1. The third-order valence-electron chi connectivity index (χ3n) is 12.5. The largest absolute Gasteiger partial charge is 0.457 e. The molecule has 7 N–H and O–H groups in total. The van der Waals surface area contributed by atoms with Crippen LogP contribution in [0.3, 0.4) is 0 Å². The summed E-state index contributed by atoms with van der Waals surface area (Å²) in [4.78, 5) is 13.0. The molecule has 11 unspecified atom stereocenters. The first-order valence-corrected chi connectivity index (χ1v) is 26.9. The number of hydrogen-bond acceptors (Lipinski definition) is 14. The number of carbonyl (C=O) groups excluding carboxylic acids is 1. The summed E-state index contributed by atoms with van der Waals surface area (Å²) in [6.45, 7) is 3.54. The van der Waals surface area contributed by atoms with Gasteiger partial charge in [0.1, 0.15) is 54.9 Å². The van der Waals surface area contributed by atoms with E-state index in [0.717, 1.165) is 77.0 Å². The van der Waals surface area contributed by atoms with E-state index in [4.69, 9.17) is 28.4 Å². The molecule has 2 heterocycles. The Morgan fingerprint density at radius 1 is 0.493 bits per heavy atom. The van der Waals surface area contributed by atoms with Crippen LogP contribution in [0.25, 0.3) is 0 Å². The smallest absolute Gasteiger partial charge is 0.306 e. The van der Waals surface area contributed by atoms with E-state index >= 15 is 0 Å². The van der Waals surface area contributed by atoms with Crippen LogP contribution in [-0.4, -0.2) is 142 Å². The summed E-state index contributed by atoms with van der Waals surface area (Å²) >= 11 is 0. The number of carbonyl (C=O) groups is 1. The molecule has 0 aromatic rings. The third-order valence-corrected chi connectivity index (χ3v) is 12.5. The molecule has 2 fully saturated rings. The summed E-state index contributed by atoms with van der Waals surface area (Å²) in [5.41, 5.74) is 0. The lowest BCUT2D eigenvalue weighted by Gasteiger charge is -2.42. The fraction of sp³-hybridized carbons (Fsp3) is 0.800. The molecule has 0 aliphatic carbocycles. The highest BCUT2D eigenvalue weighted by molar-refractivity contribution is 5.69. The van der Waals surface area contributed by atoms with Gasteiger partial charge in [-0.1, -0.05) is 177 Å². The lowest BCUT2D eigenvalue weighted by molar-refractivity contribution is -0.332. The van der Waals surface area contributed by atoms with E-state index in [1.54, 1.807) is 0 Å². The van der Waals surface area contributed by atoms with Gasteiger partial charge in [-0.3, -0.25) is 4.79 Å². The monoisotopic (exact) mass is 981 g/mol. The Kier molecular flexibility index (Phi) is 38.4. The van der Waals surface area contributed by atoms with Gasteiger partial charge < -0.3 is 64.2 Å². The quantitative estimate of drug-likeness (QED) is 0.0174. The molecule has 0 radical (unpaired) electrons. The third kappa shape index (κ3) is 29.7. The Morgan fingerprint density at radius 2 is 0.942 bits per heavy atom. The predicted octanol–water partition coefficient (Wildman–Crippen LogP) is 8.52. The lowest BCUT2D eigenvalue weighted by atomic mass is 9.98. The maximum absolute atomic E-state index is 13.0. The second kappa shape index (κ2) is 42.2. The van der Waals surface area contributed by atoms with Gasteiger partial charge in [0.2, 0.25) is 0 Å². The van der Waals surface area contributed by atoms with Gasteiger partial charge in [0, 0.05) is 13.0 Å². The van der Waals surface area contributed by atoms with Crippen molar-refractivity contribution in [1.29, 1.82) is 0 Å². The van der Waals surface area contributed by atoms with Gasteiger partial charge in [-0.2, -0.15) is 0 Å². The molecule has 2 aliphatic heterocycles. The van der Waals surface area contributed by atoms with Crippen molar-refractivity contribution >= 4 is 5.97 Å². The summed E-state index contributed by atoms with van der Waals surface area (Å²) in [5.74, 6) is -0.382. The van der Waals surface area contributed by atoms with Crippen molar-refractivity contribution in [3.8, 4) is 0 Å². The second-order valence-corrected chi connectivity index (χ2v) is 18.7. The van der Waals surface area contributed by atoms with E-state index in [1.807, 2.05) is 0 Å². The van der Waals surface area contributed by atoms with E-state index < -0.39 is 80.7 Å². The van der Waals surface area contributed by atoms with Crippen LogP contribution in [0.4, 0.5) is 0 Å². The maximum atomic E-state index is 13.0. The Labute approximate surface area is 415 Å². The van der Waals surface area contributed by atoms with Crippen molar-refractivity contribution in [2.24, 2.45) is 0 Å². The average Bonchev–Trinajstić information content (AvgIpc) is 3.35. The van der Waals surface area contributed by atoms with Crippen LogP contribution >= 0.6 is 0 Å². The van der Waals surface area contributed by atoms with Crippen molar-refractivity contribution in [3.63, 3.8) is 0 Å². The summed E-state index contributed by atoms with van der Waals surface area (Å²) < 4.78 is 34.3. The minimum atomic E-state index is -1.71. The molecule has 2 aliphatic rings. The van der Waals surface area contributed by atoms with Crippen molar-refractivity contribution in [3.05, 3.63) is 60.8 Å². The zero-order chi connectivity index (χ0) is 50.2. The van der Waals surface area contributed by atoms with Crippen molar-refractivity contribution in [1.82, 2.24) is 0 Å². The molecule has 2 rings (SSSR count). The van der Waals surface area contributed by atoms with Crippen LogP contribution < -0.4 is 0 Å². The molecule has 69 heavy (non-hydrogen) atoms. The Bertz CT molecular complexity index is 1370. The van der Waals surface area contributed by atoms with Gasteiger partial charge in [-0.05, 0) is 57.8 Å². The number of ether oxygens (including phenoxy) is 6. The molecule has 11 atom stereocenters. The molecular formula is C55H96O14. The van der Waals surface area contributed by atoms with Crippen molar-refractivity contribution in [2.75, 3.05) is 33.0 Å². The fourth-order valence-electron chi connectivity index (χ4n) is 8.19. The van der Waals surface area contributed by atoms with Crippen LogP contribution in [0.2, 0.25) is 0 Å². The van der Waals surface area contributed by atoms with E-state index in [2.05, 4.69) is 74.6 Å². The Hall–Kier alpha value is -2.31. The highest BCUT2D eigenvalue weighted by Crippen LogP contribution is 2.26. The summed E-state index contributed by atoms with van der Waals surface area (Å²) in [6.07, 6.45) is 34.3. The first-order valence-electron chi connectivity index (χ1n) is 26.9. The molecule has 0 bridgehead atoms. The SMILES string of the molecule is CC/C=C\C/C=C\C/C=C\C/C=C\C/C=C\CCCCCCCCCCOCC(COC1OC(COC2OC(CO)C(O)C(O)C2O)C(O)C(O)C1O)OC(=O)CCCCCCCCCCCCC. The Morgan fingerprint density at radius 3 is 1.48 bits per heavy atom. The normalized spacial score (nSPS) is 26.2. The molecule has 2 saturated heterocycles. The number of aliphatic hydroxyl groups excluding tert-OH is 7. The average molecular weight is 981 g/mol. The molecular weight excluding hydrogens is 885 g/mol. The van der Waals surface area contributed by atoms with Crippen molar-refractivity contribution in [2.45, 2.75) is 248 Å². The summed E-state index contributed by atoms with van der Waals surface area (Å²) in [6, 6.07) is 0. The van der Waals surface area contributed by atoms with Gasteiger partial charge in [0.05, 0.1) is 26.4 Å². The van der Waals surface area contributed by atoms with E-state index in [9.17, 15) is 40.5 Å². The lowest BCUT2D eigenvalue weighted by Crippen LogP contribution is -2.61. The Balaban J connectivity index is 1.71. The van der Waals surface area contributed by atoms with Gasteiger partial charge in [-0.25, -0.2) is 0 Å². The zero-order valence-electron chi connectivity index (χ0n) is 42.5. The number of aliphatic hydroxyl groups is 7. The predicted molar refractivity (Wildman–Crippen MR) is 270 cm³/mol. The van der Waals surface area contributed by atoms with E-state index in [1.165, 1.54) is 77.0 Å². The molecule has 14 nitrogen and oxygen atoms in total. The van der Waals surface area contributed by atoms with Gasteiger partial charge in [0.25, 0.3) is 0 Å². The van der Waals surface area contributed by atoms with Crippen LogP contribution in [0.5, 0.6) is 0 Å². The minimum absolute atomic E-state index is 0.0551. The van der Waals surface area contributed by atoms with E-state index in [0.29, 0.717) is 13.0 Å². The summed E-state index contributed by atoms with van der Waals surface area (Å²) in [7, 11) is 0. The number of unbranched alkanes of at least 4 members (excludes halogenated alkanes) is 18. The maximum Gasteiger partial charge on any atom is 0.306 e. The van der Waals surface area contributed by atoms with Gasteiger partial charge in [0.15, 0.2) is 12.6 Å². The summed E-state index contributed by atoms with van der Waals surface area (Å²) in [5, 5.41) is 72.1. The van der Waals surface area contributed by atoms with Crippen LogP contribution in [0, 0.1) is 0 Å². The van der Waals surface area contributed by atoms with E-state index in [-0.39, 0.29) is 25.6 Å². The molecule has 0 aromatic carbocycles. The van der Waals surface area contributed by atoms with Crippen LogP contribution in [-0.2, 0) is 33.2 Å². The topological polar surface area (TPSA) is 214 Å². The van der Waals surface area contributed by atoms with Crippen molar-refractivity contribution < 1.29 is 69.0 Å². The molecule has 14 heteroatoms. The molecule has 400 valence electrons. The number of allylic oxidation sites excluding steroid dienone is 10. The van der Waals surface area contributed by atoms with Crippen LogP contribution in [0.1, 0.15) is 181 Å². The first kappa shape index (κ1) is 62.8. The first-order chi connectivity index (χ1) is 33.6.